The molecular weight excluding hydrogens is 212 g/mol. The molecule has 0 fully saturated rings. The predicted molar refractivity (Wildman–Crippen MR) is 71.1 cm³/mol. The van der Waals surface area contributed by atoms with Gasteiger partial charge in [-0.2, -0.15) is 0 Å². The maximum atomic E-state index is 9.35. The first kappa shape index (κ1) is 11.9. The molecule has 1 heterocycles. The third kappa shape index (κ3) is 2.56. The zero-order valence-corrected chi connectivity index (χ0v) is 10.2. The molecular formula is C14H18N2O. The van der Waals surface area contributed by atoms with Gasteiger partial charge in [0.25, 0.3) is 0 Å². The number of nitrogens with one attached hydrogen (secondary N) is 1. The minimum absolute atomic E-state index is 0.0702. The number of pyridine rings is 1. The first-order chi connectivity index (χ1) is 8.22. The summed E-state index contributed by atoms with van der Waals surface area (Å²) in [5, 5.41) is 13.8. The lowest BCUT2D eigenvalue weighted by Crippen LogP contribution is -2.29. The molecule has 0 radical (unpaired) electrons. The highest BCUT2D eigenvalue weighted by atomic mass is 16.3. The van der Waals surface area contributed by atoms with Gasteiger partial charge < -0.3 is 10.4 Å². The summed E-state index contributed by atoms with van der Waals surface area (Å²) in [5.74, 6) is 0.381. The Bertz CT molecular complexity index is 491. The molecule has 3 heteroatoms. The van der Waals surface area contributed by atoms with Gasteiger partial charge in [0, 0.05) is 17.3 Å². The van der Waals surface area contributed by atoms with Crippen molar-refractivity contribution in [2.45, 2.75) is 19.9 Å². The third-order valence-corrected chi connectivity index (χ3v) is 2.99. The summed E-state index contributed by atoms with van der Waals surface area (Å²) < 4.78 is 0. The molecule has 0 aliphatic heterocycles. The van der Waals surface area contributed by atoms with Gasteiger partial charge in [0.2, 0.25) is 0 Å². The summed E-state index contributed by atoms with van der Waals surface area (Å²) in [6.07, 6.45) is 1.79. The smallest absolute Gasteiger partial charge is 0.0722 e. The number of aliphatic hydroxyl groups excluding tert-OH is 1. The van der Waals surface area contributed by atoms with Crippen molar-refractivity contribution in [3.63, 3.8) is 0 Å². The number of nitrogens with zero attached hydrogens (tertiary/aromatic N) is 1. The highest BCUT2D eigenvalue weighted by molar-refractivity contribution is 5.90. The van der Waals surface area contributed by atoms with Gasteiger partial charge in [-0.05, 0) is 18.1 Å². The molecule has 90 valence electrons. The van der Waals surface area contributed by atoms with Gasteiger partial charge in [-0.1, -0.05) is 32.0 Å². The largest absolute Gasteiger partial charge is 0.394 e. The van der Waals surface area contributed by atoms with Crippen LogP contribution in [0.4, 0.5) is 5.69 Å². The molecule has 1 unspecified atom stereocenters. The van der Waals surface area contributed by atoms with E-state index in [-0.39, 0.29) is 12.6 Å². The molecule has 0 saturated heterocycles. The zero-order chi connectivity index (χ0) is 12.3. The highest BCUT2D eigenvalue weighted by Crippen LogP contribution is 2.22. The van der Waals surface area contributed by atoms with Crippen LogP contribution in [-0.2, 0) is 0 Å². The first-order valence-electron chi connectivity index (χ1n) is 5.93. The fourth-order valence-electron chi connectivity index (χ4n) is 1.84. The van der Waals surface area contributed by atoms with E-state index >= 15 is 0 Å². The molecule has 2 aromatic rings. The molecule has 3 nitrogen and oxygen atoms in total. The van der Waals surface area contributed by atoms with E-state index in [0.717, 1.165) is 16.6 Å². The van der Waals surface area contributed by atoms with E-state index in [1.54, 1.807) is 6.20 Å². The lowest BCUT2D eigenvalue weighted by atomic mass is 10.0. The highest BCUT2D eigenvalue weighted by Gasteiger charge is 2.12. The van der Waals surface area contributed by atoms with Gasteiger partial charge in [0.1, 0.15) is 0 Å². The quantitative estimate of drug-likeness (QED) is 0.848. The molecule has 0 aliphatic rings. The van der Waals surface area contributed by atoms with E-state index in [1.807, 2.05) is 30.3 Å². The third-order valence-electron chi connectivity index (χ3n) is 2.99. The Hall–Kier alpha value is -1.61. The van der Waals surface area contributed by atoms with Gasteiger partial charge >= 0.3 is 0 Å². The van der Waals surface area contributed by atoms with Crippen LogP contribution < -0.4 is 5.32 Å². The predicted octanol–water partition coefficient (Wildman–Crippen LogP) is 2.66. The topological polar surface area (TPSA) is 45.1 Å². The number of para-hydroxylation sites is 1. The molecule has 0 aliphatic carbocycles. The molecule has 0 bridgehead atoms. The van der Waals surface area contributed by atoms with E-state index in [0.29, 0.717) is 5.92 Å². The number of benzene rings is 1. The zero-order valence-electron chi connectivity index (χ0n) is 10.2. The number of anilines is 1. The maximum Gasteiger partial charge on any atom is 0.0722 e. The SMILES string of the molecule is CC(C)C(CO)Nc1ccnc2ccccc12. The van der Waals surface area contributed by atoms with Crippen LogP contribution in [0.15, 0.2) is 36.5 Å². The van der Waals surface area contributed by atoms with Gasteiger partial charge in [0.05, 0.1) is 18.2 Å². The van der Waals surface area contributed by atoms with Crippen molar-refractivity contribution < 1.29 is 5.11 Å². The van der Waals surface area contributed by atoms with Crippen LogP contribution in [0.1, 0.15) is 13.8 Å². The fourth-order valence-corrected chi connectivity index (χ4v) is 1.84. The average Bonchev–Trinajstić information content (AvgIpc) is 2.35. The Balaban J connectivity index is 2.35. The van der Waals surface area contributed by atoms with E-state index in [4.69, 9.17) is 0 Å². The van der Waals surface area contributed by atoms with Crippen molar-refractivity contribution in [3.05, 3.63) is 36.5 Å². The minimum Gasteiger partial charge on any atom is -0.394 e. The molecule has 0 amide bonds. The molecule has 2 N–H and O–H groups in total. The van der Waals surface area contributed by atoms with Crippen LogP contribution in [0.2, 0.25) is 0 Å². The number of aliphatic hydroxyl groups is 1. The maximum absolute atomic E-state index is 9.35. The van der Waals surface area contributed by atoms with E-state index in [9.17, 15) is 5.11 Å². The van der Waals surface area contributed by atoms with E-state index < -0.39 is 0 Å². The second-order valence-electron chi connectivity index (χ2n) is 4.55. The molecule has 17 heavy (non-hydrogen) atoms. The van der Waals surface area contributed by atoms with Crippen LogP contribution in [0.3, 0.4) is 0 Å². The lowest BCUT2D eigenvalue weighted by molar-refractivity contribution is 0.249. The number of hydrogen-bond acceptors (Lipinski definition) is 3. The molecule has 0 saturated carbocycles. The number of hydrogen-bond donors (Lipinski definition) is 2. The van der Waals surface area contributed by atoms with Crippen LogP contribution >= 0.6 is 0 Å². The lowest BCUT2D eigenvalue weighted by Gasteiger charge is -2.22. The summed E-state index contributed by atoms with van der Waals surface area (Å²) in [5.41, 5.74) is 2.00. The fraction of sp³-hybridized carbons (Fsp3) is 0.357. The van der Waals surface area contributed by atoms with Crippen LogP contribution in [0.25, 0.3) is 10.9 Å². The molecule has 2 rings (SSSR count). The van der Waals surface area contributed by atoms with Crippen molar-refractivity contribution in [2.24, 2.45) is 5.92 Å². The second kappa shape index (κ2) is 5.15. The number of fused-ring (bicyclic) bond motifs is 1. The summed E-state index contributed by atoms with van der Waals surface area (Å²) in [4.78, 5) is 4.32. The number of rotatable bonds is 4. The van der Waals surface area contributed by atoms with Gasteiger partial charge in [-0.25, -0.2) is 0 Å². The normalized spacial score (nSPS) is 12.9. The summed E-state index contributed by atoms with van der Waals surface area (Å²) in [6, 6.07) is 10.0. The van der Waals surface area contributed by atoms with Crippen molar-refractivity contribution in [1.29, 1.82) is 0 Å². The van der Waals surface area contributed by atoms with E-state index in [2.05, 4.69) is 24.1 Å². The minimum atomic E-state index is 0.0702. The van der Waals surface area contributed by atoms with Crippen LogP contribution in [0, 0.1) is 5.92 Å². The number of aromatic nitrogens is 1. The van der Waals surface area contributed by atoms with Crippen molar-refractivity contribution in [2.75, 3.05) is 11.9 Å². The van der Waals surface area contributed by atoms with Crippen molar-refractivity contribution in [1.82, 2.24) is 4.98 Å². The van der Waals surface area contributed by atoms with Crippen LogP contribution in [-0.4, -0.2) is 22.7 Å². The Kier molecular flexibility index (Phi) is 3.59. The van der Waals surface area contributed by atoms with Crippen molar-refractivity contribution >= 4 is 16.6 Å². The van der Waals surface area contributed by atoms with E-state index in [1.165, 1.54) is 0 Å². The Labute approximate surface area is 102 Å². The Morgan fingerprint density at radius 3 is 2.71 bits per heavy atom. The Morgan fingerprint density at radius 1 is 1.24 bits per heavy atom. The monoisotopic (exact) mass is 230 g/mol. The summed E-state index contributed by atoms with van der Waals surface area (Å²) in [6.45, 7) is 4.32. The molecule has 0 spiro atoms. The first-order valence-corrected chi connectivity index (χ1v) is 5.93. The van der Waals surface area contributed by atoms with Gasteiger partial charge in [-0.15, -0.1) is 0 Å². The molecule has 1 atom stereocenters. The molecule has 1 aromatic heterocycles. The Morgan fingerprint density at radius 2 is 2.00 bits per heavy atom. The summed E-state index contributed by atoms with van der Waals surface area (Å²) in [7, 11) is 0. The van der Waals surface area contributed by atoms with Crippen LogP contribution in [0.5, 0.6) is 0 Å². The van der Waals surface area contributed by atoms with Gasteiger partial charge in [0.15, 0.2) is 0 Å². The second-order valence-corrected chi connectivity index (χ2v) is 4.55. The average molecular weight is 230 g/mol. The standard InChI is InChI=1S/C14H18N2O/c1-10(2)14(9-17)16-13-7-8-15-12-6-4-3-5-11(12)13/h3-8,10,14,17H,9H2,1-2H3,(H,15,16). The summed E-state index contributed by atoms with van der Waals surface area (Å²) >= 11 is 0. The van der Waals surface area contributed by atoms with Crippen molar-refractivity contribution in [3.8, 4) is 0 Å². The molecule has 1 aromatic carbocycles. The van der Waals surface area contributed by atoms with Gasteiger partial charge in [-0.3, -0.25) is 4.98 Å².